The first-order valence-corrected chi connectivity index (χ1v) is 6.31. The third-order valence-electron chi connectivity index (χ3n) is 3.74. The van der Waals surface area contributed by atoms with Gasteiger partial charge in [0.1, 0.15) is 5.82 Å². The average molecular weight is 241 g/mol. The van der Waals surface area contributed by atoms with E-state index in [0.717, 1.165) is 24.1 Å². The highest BCUT2D eigenvalue weighted by atomic mass is 19.1. The minimum absolute atomic E-state index is 0.0713. The van der Waals surface area contributed by atoms with Crippen LogP contribution in [0.4, 0.5) is 4.39 Å². The summed E-state index contributed by atoms with van der Waals surface area (Å²) in [4.78, 5) is 0. The van der Waals surface area contributed by atoms with Gasteiger partial charge in [0.15, 0.2) is 0 Å². The van der Waals surface area contributed by atoms with Crippen molar-refractivity contribution in [3.05, 3.63) is 70.5 Å². The van der Waals surface area contributed by atoms with Crippen LogP contribution >= 0.6 is 0 Å². The lowest BCUT2D eigenvalue weighted by atomic mass is 9.89. The van der Waals surface area contributed by atoms with Crippen molar-refractivity contribution in [2.24, 2.45) is 0 Å². The van der Waals surface area contributed by atoms with Crippen molar-refractivity contribution in [2.45, 2.75) is 25.9 Å². The third-order valence-corrected chi connectivity index (χ3v) is 3.74. The van der Waals surface area contributed by atoms with Crippen molar-refractivity contribution in [1.82, 2.24) is 5.32 Å². The summed E-state index contributed by atoms with van der Waals surface area (Å²) in [7, 11) is 0. The Hall–Kier alpha value is -1.67. The average Bonchev–Trinajstić information content (AvgIpc) is 2.44. The molecular weight excluding hydrogens is 225 g/mol. The van der Waals surface area contributed by atoms with Gasteiger partial charge < -0.3 is 5.32 Å². The lowest BCUT2D eigenvalue weighted by Gasteiger charge is -2.28. The molecule has 1 aliphatic rings. The van der Waals surface area contributed by atoms with Gasteiger partial charge in [-0.1, -0.05) is 36.4 Å². The number of rotatable bonds is 1. The second kappa shape index (κ2) is 4.54. The van der Waals surface area contributed by atoms with E-state index in [9.17, 15) is 4.39 Å². The van der Waals surface area contributed by atoms with E-state index in [1.807, 2.05) is 31.2 Å². The summed E-state index contributed by atoms with van der Waals surface area (Å²) >= 11 is 0. The summed E-state index contributed by atoms with van der Waals surface area (Å²) in [6.07, 6.45) is 0.729. The second-order valence-electron chi connectivity index (χ2n) is 4.87. The molecule has 0 fully saturated rings. The van der Waals surface area contributed by atoms with Crippen LogP contribution in [0.1, 0.15) is 28.3 Å². The van der Waals surface area contributed by atoms with Crippen LogP contribution in [0.25, 0.3) is 0 Å². The summed E-state index contributed by atoms with van der Waals surface area (Å²) in [5, 5.41) is 3.49. The summed E-state index contributed by atoms with van der Waals surface area (Å²) < 4.78 is 13.9. The summed E-state index contributed by atoms with van der Waals surface area (Å²) in [5.41, 5.74) is 4.40. The summed E-state index contributed by atoms with van der Waals surface area (Å²) in [5.74, 6) is -0.0713. The van der Waals surface area contributed by atoms with Gasteiger partial charge in [-0.15, -0.1) is 0 Å². The zero-order valence-corrected chi connectivity index (χ0v) is 10.4. The van der Waals surface area contributed by atoms with Gasteiger partial charge in [0.25, 0.3) is 0 Å². The van der Waals surface area contributed by atoms with Gasteiger partial charge in [-0.05, 0) is 41.7 Å². The fourth-order valence-electron chi connectivity index (χ4n) is 2.67. The normalized spacial score (nSPS) is 18.4. The van der Waals surface area contributed by atoms with E-state index < -0.39 is 0 Å². The van der Waals surface area contributed by atoms with Crippen molar-refractivity contribution in [3.63, 3.8) is 0 Å². The number of hydrogen-bond acceptors (Lipinski definition) is 1. The molecule has 0 aliphatic carbocycles. The first-order chi connectivity index (χ1) is 8.75. The largest absolute Gasteiger partial charge is 0.306 e. The van der Waals surface area contributed by atoms with Gasteiger partial charge in [0, 0.05) is 12.6 Å². The fourth-order valence-corrected chi connectivity index (χ4v) is 2.67. The molecule has 1 N–H and O–H groups in total. The maximum Gasteiger partial charge on any atom is 0.126 e. The molecule has 0 amide bonds. The molecule has 2 aromatic rings. The Morgan fingerprint density at radius 2 is 1.83 bits per heavy atom. The Morgan fingerprint density at radius 3 is 2.61 bits per heavy atom. The number of fused-ring (bicyclic) bond motifs is 1. The number of hydrogen-bond donors (Lipinski definition) is 1. The van der Waals surface area contributed by atoms with Crippen LogP contribution in [0.2, 0.25) is 0 Å². The van der Waals surface area contributed by atoms with E-state index in [4.69, 9.17) is 0 Å². The van der Waals surface area contributed by atoms with Gasteiger partial charge in [-0.25, -0.2) is 4.39 Å². The lowest BCUT2D eigenvalue weighted by molar-refractivity contribution is 0.476. The highest BCUT2D eigenvalue weighted by molar-refractivity contribution is 5.39. The van der Waals surface area contributed by atoms with Crippen molar-refractivity contribution < 1.29 is 4.39 Å². The Bertz CT molecular complexity index is 563. The van der Waals surface area contributed by atoms with Gasteiger partial charge >= 0.3 is 0 Å². The zero-order chi connectivity index (χ0) is 12.5. The van der Waals surface area contributed by atoms with Crippen LogP contribution in [0.3, 0.4) is 0 Å². The van der Waals surface area contributed by atoms with E-state index in [0.29, 0.717) is 0 Å². The van der Waals surface area contributed by atoms with Crippen LogP contribution in [0, 0.1) is 12.7 Å². The first kappa shape index (κ1) is 11.4. The molecule has 92 valence electrons. The quantitative estimate of drug-likeness (QED) is 0.805. The Morgan fingerprint density at radius 1 is 1.06 bits per heavy atom. The molecule has 0 saturated carbocycles. The molecule has 0 bridgehead atoms. The number of benzene rings is 2. The monoisotopic (exact) mass is 241 g/mol. The zero-order valence-electron chi connectivity index (χ0n) is 10.4. The first-order valence-electron chi connectivity index (χ1n) is 6.31. The minimum atomic E-state index is -0.0713. The van der Waals surface area contributed by atoms with Crippen molar-refractivity contribution >= 4 is 0 Å². The predicted molar refractivity (Wildman–Crippen MR) is 70.9 cm³/mol. The van der Waals surface area contributed by atoms with Crippen LogP contribution in [0.15, 0.2) is 42.5 Å². The standard InChI is InChI=1S/C16H16FN/c1-11-7-8-15(17)13-9-16(18-10-14(11)13)12-5-3-2-4-6-12/h2-8,16,18H,9-10H2,1H3. The van der Waals surface area contributed by atoms with Crippen LogP contribution in [-0.4, -0.2) is 0 Å². The molecule has 0 spiro atoms. The molecule has 2 aromatic carbocycles. The topological polar surface area (TPSA) is 12.0 Å². The second-order valence-corrected chi connectivity index (χ2v) is 4.87. The molecule has 1 unspecified atom stereocenters. The smallest absolute Gasteiger partial charge is 0.126 e. The van der Waals surface area contributed by atoms with Crippen molar-refractivity contribution in [2.75, 3.05) is 0 Å². The number of halogens is 1. The summed E-state index contributed by atoms with van der Waals surface area (Å²) in [6, 6.07) is 13.9. The van der Waals surface area contributed by atoms with Crippen LogP contribution in [-0.2, 0) is 13.0 Å². The third kappa shape index (κ3) is 1.93. The molecule has 0 saturated heterocycles. The van der Waals surface area contributed by atoms with Crippen LogP contribution in [0.5, 0.6) is 0 Å². The van der Waals surface area contributed by atoms with Crippen molar-refractivity contribution in [3.8, 4) is 0 Å². The van der Waals surface area contributed by atoms with E-state index >= 15 is 0 Å². The van der Waals surface area contributed by atoms with Crippen molar-refractivity contribution in [1.29, 1.82) is 0 Å². The van der Waals surface area contributed by atoms with Gasteiger partial charge in [0.2, 0.25) is 0 Å². The molecule has 1 nitrogen and oxygen atoms in total. The molecule has 0 radical (unpaired) electrons. The van der Waals surface area contributed by atoms with Crippen LogP contribution < -0.4 is 5.32 Å². The van der Waals surface area contributed by atoms with E-state index in [-0.39, 0.29) is 11.9 Å². The van der Waals surface area contributed by atoms with E-state index in [1.165, 1.54) is 11.1 Å². The molecule has 3 rings (SSSR count). The Kier molecular flexibility index (Phi) is 2.88. The Balaban J connectivity index is 1.96. The fraction of sp³-hybridized carbons (Fsp3) is 0.250. The maximum atomic E-state index is 13.9. The lowest BCUT2D eigenvalue weighted by Crippen LogP contribution is -2.29. The number of nitrogens with one attached hydrogen (secondary N) is 1. The van der Waals surface area contributed by atoms with Gasteiger partial charge in [0.05, 0.1) is 0 Å². The van der Waals surface area contributed by atoms with Gasteiger partial charge in [-0.3, -0.25) is 0 Å². The summed E-state index contributed by atoms with van der Waals surface area (Å²) in [6.45, 7) is 2.79. The molecule has 1 atom stereocenters. The highest BCUT2D eigenvalue weighted by Crippen LogP contribution is 2.29. The predicted octanol–water partition coefficient (Wildman–Crippen LogP) is 3.52. The molecule has 2 heteroatoms. The molecule has 18 heavy (non-hydrogen) atoms. The van der Waals surface area contributed by atoms with Gasteiger partial charge in [-0.2, -0.15) is 0 Å². The highest BCUT2D eigenvalue weighted by Gasteiger charge is 2.22. The Labute approximate surface area is 107 Å². The van der Waals surface area contributed by atoms with E-state index in [1.54, 1.807) is 6.07 Å². The SMILES string of the molecule is Cc1ccc(F)c2c1CNC(c1ccccc1)C2. The van der Waals surface area contributed by atoms with E-state index in [2.05, 4.69) is 17.4 Å². The molecule has 1 aliphatic heterocycles. The molecule has 1 heterocycles. The number of aryl methyl sites for hydroxylation is 1. The minimum Gasteiger partial charge on any atom is -0.306 e. The molecular formula is C16H16FN. The maximum absolute atomic E-state index is 13.9. The molecule has 0 aromatic heterocycles.